The summed E-state index contributed by atoms with van der Waals surface area (Å²) in [6, 6.07) is 9.17. The minimum atomic E-state index is -0.844. The fourth-order valence-corrected chi connectivity index (χ4v) is 2.65. The van der Waals surface area contributed by atoms with E-state index in [1.54, 1.807) is 12.1 Å². The van der Waals surface area contributed by atoms with Crippen LogP contribution in [0.3, 0.4) is 0 Å². The van der Waals surface area contributed by atoms with Crippen LogP contribution in [0.15, 0.2) is 40.9 Å². The van der Waals surface area contributed by atoms with Gasteiger partial charge in [-0.25, -0.2) is 8.78 Å². The molecule has 0 aromatic heterocycles. The summed E-state index contributed by atoms with van der Waals surface area (Å²) in [5.41, 5.74) is 1.11. The number of hydrogen-bond acceptors (Lipinski definition) is 1. The third-order valence-corrected chi connectivity index (χ3v) is 4.38. The molecule has 1 N–H and O–H groups in total. The molecule has 1 atom stereocenters. The van der Waals surface area contributed by atoms with Gasteiger partial charge in [-0.15, -0.1) is 0 Å². The molecule has 0 aliphatic heterocycles. The first-order chi connectivity index (χ1) is 10.0. The molecule has 0 aliphatic rings. The largest absolute Gasteiger partial charge is 0.306 e. The summed E-state index contributed by atoms with van der Waals surface area (Å²) in [5.74, 6) is -1.67. The van der Waals surface area contributed by atoms with Crippen LogP contribution >= 0.6 is 27.5 Å². The molecule has 0 saturated carbocycles. The van der Waals surface area contributed by atoms with E-state index in [1.807, 2.05) is 19.1 Å². The molecule has 0 bridgehead atoms. The van der Waals surface area contributed by atoms with E-state index in [1.165, 1.54) is 6.07 Å². The minimum Gasteiger partial charge on any atom is -0.306 e. The van der Waals surface area contributed by atoms with Crippen LogP contribution in [-0.2, 0) is 0 Å². The van der Waals surface area contributed by atoms with Crippen molar-refractivity contribution in [2.75, 3.05) is 6.54 Å². The van der Waals surface area contributed by atoms with E-state index in [2.05, 4.69) is 21.2 Å². The molecule has 112 valence electrons. The van der Waals surface area contributed by atoms with Gasteiger partial charge in [-0.1, -0.05) is 36.7 Å². The van der Waals surface area contributed by atoms with E-state index >= 15 is 0 Å². The average molecular weight is 375 g/mol. The van der Waals surface area contributed by atoms with Crippen molar-refractivity contribution in [1.82, 2.24) is 5.32 Å². The second-order valence-corrected chi connectivity index (χ2v) is 5.97. The van der Waals surface area contributed by atoms with E-state index in [0.29, 0.717) is 11.6 Å². The lowest BCUT2D eigenvalue weighted by atomic mass is 9.98. The van der Waals surface area contributed by atoms with Crippen molar-refractivity contribution in [3.05, 3.63) is 68.7 Å². The fraction of sp³-hybridized carbons (Fsp3) is 0.250. The number of halogens is 4. The zero-order chi connectivity index (χ0) is 15.4. The van der Waals surface area contributed by atoms with Gasteiger partial charge in [-0.3, -0.25) is 0 Å². The molecule has 0 heterocycles. The van der Waals surface area contributed by atoms with E-state index in [4.69, 9.17) is 11.6 Å². The fourth-order valence-electron chi connectivity index (χ4n) is 2.13. The molecule has 0 amide bonds. The average Bonchev–Trinajstić information content (AvgIpc) is 2.47. The van der Waals surface area contributed by atoms with Gasteiger partial charge >= 0.3 is 0 Å². The lowest BCUT2D eigenvalue weighted by Crippen LogP contribution is -2.24. The summed E-state index contributed by atoms with van der Waals surface area (Å²) in [6.07, 6.45) is 0.891. The van der Waals surface area contributed by atoms with Gasteiger partial charge in [0.25, 0.3) is 0 Å². The zero-order valence-electron chi connectivity index (χ0n) is 11.5. The van der Waals surface area contributed by atoms with Crippen LogP contribution in [0.4, 0.5) is 8.78 Å². The van der Waals surface area contributed by atoms with Crippen molar-refractivity contribution < 1.29 is 8.78 Å². The zero-order valence-corrected chi connectivity index (χ0v) is 13.8. The molecule has 21 heavy (non-hydrogen) atoms. The number of hydrogen-bond donors (Lipinski definition) is 1. The molecule has 0 spiro atoms. The Hall–Kier alpha value is -0.970. The van der Waals surface area contributed by atoms with Gasteiger partial charge in [-0.05, 0) is 52.7 Å². The van der Waals surface area contributed by atoms with Gasteiger partial charge in [0.15, 0.2) is 11.6 Å². The lowest BCUT2D eigenvalue weighted by Gasteiger charge is -2.21. The summed E-state index contributed by atoms with van der Waals surface area (Å²) in [5, 5.41) is 3.82. The number of benzene rings is 2. The normalized spacial score (nSPS) is 12.4. The Kier molecular flexibility index (Phi) is 5.73. The van der Waals surface area contributed by atoms with Crippen LogP contribution in [-0.4, -0.2) is 6.54 Å². The van der Waals surface area contributed by atoms with Crippen molar-refractivity contribution in [3.63, 3.8) is 0 Å². The molecule has 1 unspecified atom stereocenters. The molecule has 0 aliphatic carbocycles. The van der Waals surface area contributed by atoms with Gasteiger partial charge in [0.2, 0.25) is 0 Å². The standard InChI is InChI=1S/C16H15BrClF2N/c1-2-8-21-16(10-6-7-13(18)12(17)9-10)11-4-3-5-14(19)15(11)20/h3-7,9,16,21H,2,8H2,1H3. The molecular formula is C16H15BrClF2N. The predicted octanol–water partition coefficient (Wildman–Crippen LogP) is 5.47. The smallest absolute Gasteiger partial charge is 0.163 e. The van der Waals surface area contributed by atoms with Gasteiger partial charge in [0, 0.05) is 10.0 Å². The van der Waals surface area contributed by atoms with E-state index in [-0.39, 0.29) is 5.56 Å². The van der Waals surface area contributed by atoms with Crippen LogP contribution in [0.1, 0.15) is 30.5 Å². The van der Waals surface area contributed by atoms with Crippen molar-refractivity contribution in [3.8, 4) is 0 Å². The molecule has 5 heteroatoms. The summed E-state index contributed by atoms with van der Waals surface area (Å²) in [7, 11) is 0. The summed E-state index contributed by atoms with van der Waals surface area (Å²) >= 11 is 9.35. The van der Waals surface area contributed by atoms with Crippen LogP contribution in [0.5, 0.6) is 0 Å². The molecular weight excluding hydrogens is 360 g/mol. The molecule has 0 radical (unpaired) electrons. The van der Waals surface area contributed by atoms with Gasteiger partial charge < -0.3 is 5.32 Å². The Bertz CT molecular complexity index is 634. The molecule has 2 aromatic rings. The SMILES string of the molecule is CCCNC(c1ccc(Cl)c(Br)c1)c1cccc(F)c1F. The molecule has 0 fully saturated rings. The van der Waals surface area contributed by atoms with Crippen LogP contribution < -0.4 is 5.32 Å². The third kappa shape index (κ3) is 3.82. The Labute approximate surface area is 136 Å². The lowest BCUT2D eigenvalue weighted by molar-refractivity contribution is 0.480. The molecule has 2 rings (SSSR count). The first-order valence-corrected chi connectivity index (χ1v) is 7.84. The van der Waals surface area contributed by atoms with Crippen LogP contribution in [0.2, 0.25) is 5.02 Å². The van der Waals surface area contributed by atoms with Crippen molar-refractivity contribution in [1.29, 1.82) is 0 Å². The highest BCUT2D eigenvalue weighted by atomic mass is 79.9. The first-order valence-electron chi connectivity index (χ1n) is 6.66. The predicted molar refractivity (Wildman–Crippen MR) is 85.6 cm³/mol. The van der Waals surface area contributed by atoms with E-state index < -0.39 is 17.7 Å². The highest BCUT2D eigenvalue weighted by Crippen LogP contribution is 2.30. The monoisotopic (exact) mass is 373 g/mol. The van der Waals surface area contributed by atoms with Crippen LogP contribution in [0.25, 0.3) is 0 Å². The van der Waals surface area contributed by atoms with E-state index in [9.17, 15) is 8.78 Å². The second-order valence-electron chi connectivity index (χ2n) is 4.70. The quantitative estimate of drug-likeness (QED) is 0.732. The number of nitrogens with one attached hydrogen (secondary N) is 1. The highest BCUT2D eigenvalue weighted by molar-refractivity contribution is 9.10. The summed E-state index contributed by atoms with van der Waals surface area (Å²) in [6.45, 7) is 2.71. The molecule has 2 aromatic carbocycles. The first kappa shape index (κ1) is 16.4. The summed E-state index contributed by atoms with van der Waals surface area (Å²) in [4.78, 5) is 0. The second kappa shape index (κ2) is 7.34. The Balaban J connectivity index is 2.47. The third-order valence-electron chi connectivity index (χ3n) is 3.17. The van der Waals surface area contributed by atoms with Crippen molar-refractivity contribution >= 4 is 27.5 Å². The number of rotatable bonds is 5. The van der Waals surface area contributed by atoms with Crippen molar-refractivity contribution in [2.45, 2.75) is 19.4 Å². The Morgan fingerprint density at radius 2 is 2.00 bits per heavy atom. The maximum Gasteiger partial charge on any atom is 0.163 e. The van der Waals surface area contributed by atoms with Crippen molar-refractivity contribution in [2.24, 2.45) is 0 Å². The maximum atomic E-state index is 14.1. The molecule has 0 saturated heterocycles. The Morgan fingerprint density at radius 3 is 2.67 bits per heavy atom. The van der Waals surface area contributed by atoms with Gasteiger partial charge in [0.1, 0.15) is 0 Å². The Morgan fingerprint density at radius 1 is 1.24 bits per heavy atom. The topological polar surface area (TPSA) is 12.0 Å². The highest BCUT2D eigenvalue weighted by Gasteiger charge is 2.20. The maximum absolute atomic E-state index is 14.1. The molecule has 1 nitrogen and oxygen atoms in total. The van der Waals surface area contributed by atoms with Crippen LogP contribution in [0, 0.1) is 11.6 Å². The van der Waals surface area contributed by atoms with Gasteiger partial charge in [0.05, 0.1) is 11.1 Å². The van der Waals surface area contributed by atoms with Gasteiger partial charge in [-0.2, -0.15) is 0 Å². The van der Waals surface area contributed by atoms with E-state index in [0.717, 1.165) is 22.5 Å². The summed E-state index contributed by atoms with van der Waals surface area (Å²) < 4.78 is 28.3. The minimum absolute atomic E-state index is 0.290.